The first kappa shape index (κ1) is 17.7. The summed E-state index contributed by atoms with van der Waals surface area (Å²) in [7, 11) is 0. The van der Waals surface area contributed by atoms with E-state index in [4.69, 9.17) is 5.73 Å². The highest BCUT2D eigenvalue weighted by molar-refractivity contribution is 5.96. The van der Waals surface area contributed by atoms with Crippen LogP contribution in [0.25, 0.3) is 5.69 Å². The molecular weight excluding hydrogens is 310 g/mol. The number of hydrogen-bond donors (Lipinski definition) is 1. The van der Waals surface area contributed by atoms with E-state index in [-0.39, 0.29) is 11.9 Å². The molecule has 0 saturated carbocycles. The number of aryl methyl sites for hydroxylation is 2. The molecule has 1 saturated heterocycles. The zero-order chi connectivity index (χ0) is 18.1. The number of carbonyl (C=O) groups excluding carboxylic acids is 1. The van der Waals surface area contributed by atoms with Crippen LogP contribution in [0.3, 0.4) is 0 Å². The molecule has 1 aromatic heterocycles. The molecule has 1 amide bonds. The van der Waals surface area contributed by atoms with Gasteiger partial charge in [-0.05, 0) is 64.2 Å². The summed E-state index contributed by atoms with van der Waals surface area (Å²) in [5, 5.41) is 0. The van der Waals surface area contributed by atoms with Gasteiger partial charge >= 0.3 is 0 Å². The van der Waals surface area contributed by atoms with E-state index in [0.717, 1.165) is 48.6 Å². The number of likely N-dealkylation sites (tertiary alicyclic amines) is 1. The first-order chi connectivity index (χ1) is 11.9. The summed E-state index contributed by atoms with van der Waals surface area (Å²) in [5.74, 6) is 0.680. The molecule has 4 nitrogen and oxygen atoms in total. The third-order valence-corrected chi connectivity index (χ3v) is 5.59. The molecule has 0 spiro atoms. The number of para-hydroxylation sites is 1. The summed E-state index contributed by atoms with van der Waals surface area (Å²) >= 11 is 0. The highest BCUT2D eigenvalue weighted by Crippen LogP contribution is 2.26. The van der Waals surface area contributed by atoms with Gasteiger partial charge in [0.05, 0.1) is 5.56 Å². The molecule has 1 aliphatic heterocycles. The molecule has 1 atom stereocenters. The molecule has 1 unspecified atom stereocenters. The van der Waals surface area contributed by atoms with Crippen molar-refractivity contribution in [2.24, 2.45) is 11.7 Å². The van der Waals surface area contributed by atoms with Crippen molar-refractivity contribution in [3.63, 3.8) is 0 Å². The maximum atomic E-state index is 13.1. The Kier molecular flexibility index (Phi) is 5.00. The molecule has 4 heteroatoms. The van der Waals surface area contributed by atoms with Crippen LogP contribution in [0.5, 0.6) is 0 Å². The number of nitrogens with two attached hydrogens (primary N) is 1. The minimum Gasteiger partial charge on any atom is -0.339 e. The van der Waals surface area contributed by atoms with Crippen molar-refractivity contribution in [2.45, 2.75) is 46.6 Å². The van der Waals surface area contributed by atoms with Crippen LogP contribution in [-0.2, 0) is 0 Å². The minimum absolute atomic E-state index is 0.149. The lowest BCUT2D eigenvalue weighted by atomic mass is 9.90. The quantitative estimate of drug-likeness (QED) is 0.929. The van der Waals surface area contributed by atoms with Crippen molar-refractivity contribution in [3.8, 4) is 5.69 Å². The lowest BCUT2D eigenvalue weighted by Crippen LogP contribution is -2.42. The van der Waals surface area contributed by atoms with Gasteiger partial charge in [0, 0.05) is 36.2 Å². The van der Waals surface area contributed by atoms with Crippen molar-refractivity contribution in [2.75, 3.05) is 13.1 Å². The van der Waals surface area contributed by atoms with E-state index in [9.17, 15) is 4.79 Å². The normalized spacial score (nSPS) is 16.9. The molecule has 0 aliphatic carbocycles. The molecule has 2 N–H and O–H groups in total. The van der Waals surface area contributed by atoms with E-state index in [1.165, 1.54) is 5.56 Å². The number of rotatable bonds is 3. The number of carbonyl (C=O) groups is 1. The van der Waals surface area contributed by atoms with Crippen LogP contribution in [0.1, 0.15) is 47.1 Å². The SMILES string of the molecule is Cc1ccccc1-n1c(C)cc(C(=O)N2CCC(C(C)N)CC2)c1C. The fraction of sp³-hybridized carbons (Fsp3) is 0.476. The highest BCUT2D eigenvalue weighted by Gasteiger charge is 2.27. The van der Waals surface area contributed by atoms with Gasteiger partial charge in [-0.1, -0.05) is 18.2 Å². The van der Waals surface area contributed by atoms with Gasteiger partial charge in [-0.3, -0.25) is 4.79 Å². The first-order valence-electron chi connectivity index (χ1n) is 9.20. The molecule has 0 bridgehead atoms. The van der Waals surface area contributed by atoms with Crippen molar-refractivity contribution in [3.05, 3.63) is 52.8 Å². The summed E-state index contributed by atoms with van der Waals surface area (Å²) in [5.41, 5.74) is 11.3. The maximum absolute atomic E-state index is 13.1. The molecule has 1 aliphatic rings. The molecule has 0 radical (unpaired) electrons. The largest absolute Gasteiger partial charge is 0.339 e. The van der Waals surface area contributed by atoms with Crippen LogP contribution >= 0.6 is 0 Å². The smallest absolute Gasteiger partial charge is 0.255 e. The average Bonchev–Trinajstić information content (AvgIpc) is 2.89. The van der Waals surface area contributed by atoms with Crippen molar-refractivity contribution in [1.82, 2.24) is 9.47 Å². The molecule has 3 rings (SSSR count). The first-order valence-corrected chi connectivity index (χ1v) is 9.20. The highest BCUT2D eigenvalue weighted by atomic mass is 16.2. The zero-order valence-corrected chi connectivity index (χ0v) is 15.7. The second-order valence-electron chi connectivity index (χ2n) is 7.40. The van der Waals surface area contributed by atoms with E-state index in [2.05, 4.69) is 37.5 Å². The van der Waals surface area contributed by atoms with Gasteiger partial charge in [-0.2, -0.15) is 0 Å². The van der Waals surface area contributed by atoms with E-state index >= 15 is 0 Å². The summed E-state index contributed by atoms with van der Waals surface area (Å²) in [6, 6.07) is 10.5. The molecular formula is C21H29N3O. The summed E-state index contributed by atoms with van der Waals surface area (Å²) < 4.78 is 2.19. The van der Waals surface area contributed by atoms with Crippen LogP contribution in [0.15, 0.2) is 30.3 Å². The third kappa shape index (κ3) is 3.36. The average molecular weight is 339 g/mol. The molecule has 2 aromatic rings. The van der Waals surface area contributed by atoms with Gasteiger partial charge in [-0.25, -0.2) is 0 Å². The van der Waals surface area contributed by atoms with Gasteiger partial charge < -0.3 is 15.2 Å². The summed E-state index contributed by atoms with van der Waals surface area (Å²) in [6.45, 7) is 9.89. The van der Waals surface area contributed by atoms with Crippen LogP contribution < -0.4 is 5.73 Å². The van der Waals surface area contributed by atoms with Crippen LogP contribution in [-0.4, -0.2) is 34.5 Å². The minimum atomic E-state index is 0.149. The number of piperidine rings is 1. The molecule has 2 heterocycles. The van der Waals surface area contributed by atoms with E-state index in [1.54, 1.807) is 0 Å². The number of benzene rings is 1. The Morgan fingerprint density at radius 3 is 2.40 bits per heavy atom. The van der Waals surface area contributed by atoms with Gasteiger partial charge in [0.25, 0.3) is 5.91 Å². The van der Waals surface area contributed by atoms with Gasteiger partial charge in [-0.15, -0.1) is 0 Å². The van der Waals surface area contributed by atoms with Crippen LogP contribution in [0, 0.1) is 26.7 Å². The van der Waals surface area contributed by atoms with Crippen molar-refractivity contribution < 1.29 is 4.79 Å². The predicted octanol–water partition coefficient (Wildman–Crippen LogP) is 3.60. The van der Waals surface area contributed by atoms with E-state index in [1.807, 2.05) is 30.0 Å². The maximum Gasteiger partial charge on any atom is 0.255 e. The lowest BCUT2D eigenvalue weighted by Gasteiger charge is -2.33. The number of nitrogens with zero attached hydrogens (tertiary/aromatic N) is 2. The lowest BCUT2D eigenvalue weighted by molar-refractivity contribution is 0.0680. The van der Waals surface area contributed by atoms with Gasteiger partial charge in [0.15, 0.2) is 0 Å². The number of aromatic nitrogens is 1. The predicted molar refractivity (Wildman–Crippen MR) is 102 cm³/mol. The summed E-state index contributed by atoms with van der Waals surface area (Å²) in [4.78, 5) is 15.0. The van der Waals surface area contributed by atoms with Crippen molar-refractivity contribution in [1.29, 1.82) is 0 Å². The van der Waals surface area contributed by atoms with Crippen molar-refractivity contribution >= 4 is 5.91 Å². The Labute approximate surface area is 150 Å². The third-order valence-electron chi connectivity index (χ3n) is 5.59. The van der Waals surface area contributed by atoms with E-state index in [0.29, 0.717) is 5.92 Å². The van der Waals surface area contributed by atoms with Gasteiger partial charge in [0.2, 0.25) is 0 Å². The monoisotopic (exact) mass is 339 g/mol. The zero-order valence-electron chi connectivity index (χ0n) is 15.7. The van der Waals surface area contributed by atoms with Crippen LogP contribution in [0.2, 0.25) is 0 Å². The second kappa shape index (κ2) is 7.04. The van der Waals surface area contributed by atoms with Crippen LogP contribution in [0.4, 0.5) is 0 Å². The summed E-state index contributed by atoms with van der Waals surface area (Å²) in [6.07, 6.45) is 2.00. The fourth-order valence-corrected chi connectivity index (χ4v) is 3.96. The number of hydrogen-bond acceptors (Lipinski definition) is 2. The Hall–Kier alpha value is -2.07. The Balaban J connectivity index is 1.86. The van der Waals surface area contributed by atoms with Gasteiger partial charge in [0.1, 0.15) is 0 Å². The topological polar surface area (TPSA) is 51.3 Å². The molecule has 134 valence electrons. The standard InChI is InChI=1S/C21H29N3O/c1-14-7-5-6-8-20(14)24-15(2)13-19(17(24)4)21(25)23-11-9-18(10-12-23)16(3)22/h5-8,13,16,18H,9-12,22H2,1-4H3. The Morgan fingerprint density at radius 2 is 1.80 bits per heavy atom. The number of amides is 1. The molecule has 25 heavy (non-hydrogen) atoms. The van der Waals surface area contributed by atoms with E-state index < -0.39 is 0 Å². The Morgan fingerprint density at radius 1 is 1.16 bits per heavy atom. The fourth-order valence-electron chi connectivity index (χ4n) is 3.96. The Bertz CT molecular complexity index is 767. The second-order valence-corrected chi connectivity index (χ2v) is 7.40. The molecule has 1 fully saturated rings. The molecule has 1 aromatic carbocycles.